The van der Waals surface area contributed by atoms with E-state index in [1.807, 2.05) is 12.1 Å². The lowest BCUT2D eigenvalue weighted by Crippen LogP contribution is -2.45. The van der Waals surface area contributed by atoms with E-state index in [1.54, 1.807) is 13.2 Å². The smallest absolute Gasteiger partial charge is 0.191 e. The molecule has 0 spiro atoms. The second-order valence-electron chi connectivity index (χ2n) is 6.92. The van der Waals surface area contributed by atoms with Gasteiger partial charge in [-0.15, -0.1) is 0 Å². The molecule has 1 aromatic rings. The average molecular weight is 396 g/mol. The fraction of sp³-hybridized carbons (Fsp3) is 0.684. The second-order valence-corrected chi connectivity index (χ2v) is 7.33. The van der Waals surface area contributed by atoms with Crippen molar-refractivity contribution in [1.82, 2.24) is 15.6 Å². The van der Waals surface area contributed by atoms with Crippen molar-refractivity contribution in [2.45, 2.75) is 37.8 Å². The molecule has 1 aromatic heterocycles. The number of nitrogens with zero attached hydrogens (tertiary/aromatic N) is 3. The summed E-state index contributed by atoms with van der Waals surface area (Å²) in [5.41, 5.74) is 0. The van der Waals surface area contributed by atoms with Crippen LogP contribution in [0.4, 0.5) is 5.82 Å². The molecule has 3 heterocycles. The Morgan fingerprint density at radius 1 is 1.41 bits per heavy atom. The van der Waals surface area contributed by atoms with Crippen LogP contribution in [0, 0.1) is 0 Å². The molecule has 27 heavy (non-hydrogen) atoms. The van der Waals surface area contributed by atoms with Crippen LogP contribution in [0.15, 0.2) is 23.3 Å². The van der Waals surface area contributed by atoms with Gasteiger partial charge >= 0.3 is 0 Å². The minimum Gasteiger partial charge on any atom is -0.381 e. The van der Waals surface area contributed by atoms with Crippen LogP contribution >= 0.6 is 11.6 Å². The van der Waals surface area contributed by atoms with E-state index in [9.17, 15) is 0 Å². The summed E-state index contributed by atoms with van der Waals surface area (Å²) in [6.07, 6.45) is 6.15. The molecule has 0 radical (unpaired) electrons. The lowest BCUT2D eigenvalue weighted by atomic mass is 10.1. The highest BCUT2D eigenvalue weighted by molar-refractivity contribution is 6.32. The molecule has 2 N–H and O–H groups in total. The molecule has 2 saturated heterocycles. The summed E-state index contributed by atoms with van der Waals surface area (Å²) in [7, 11) is 1.80. The second kappa shape index (κ2) is 10.7. The van der Waals surface area contributed by atoms with Crippen molar-refractivity contribution in [2.75, 3.05) is 51.4 Å². The molecule has 150 valence electrons. The molecular weight excluding hydrogens is 366 g/mol. The highest BCUT2D eigenvalue weighted by atomic mass is 35.5. The van der Waals surface area contributed by atoms with Gasteiger partial charge in [-0.25, -0.2) is 4.98 Å². The molecule has 7 nitrogen and oxygen atoms in total. The van der Waals surface area contributed by atoms with Crippen LogP contribution < -0.4 is 15.5 Å². The normalized spacial score (nSPS) is 21.5. The van der Waals surface area contributed by atoms with Gasteiger partial charge in [0.2, 0.25) is 0 Å². The predicted molar refractivity (Wildman–Crippen MR) is 109 cm³/mol. The first-order valence-electron chi connectivity index (χ1n) is 9.78. The van der Waals surface area contributed by atoms with Crippen LogP contribution in [0.3, 0.4) is 0 Å². The molecular formula is C19H30ClN5O2. The Morgan fingerprint density at radius 3 is 3.04 bits per heavy atom. The van der Waals surface area contributed by atoms with Crippen molar-refractivity contribution < 1.29 is 9.47 Å². The van der Waals surface area contributed by atoms with Crippen LogP contribution in [0.5, 0.6) is 0 Å². The van der Waals surface area contributed by atoms with Crippen LogP contribution in [0.1, 0.15) is 25.7 Å². The Balaban J connectivity index is 1.34. The fourth-order valence-electron chi connectivity index (χ4n) is 3.44. The van der Waals surface area contributed by atoms with Gasteiger partial charge in [0.1, 0.15) is 5.82 Å². The monoisotopic (exact) mass is 395 g/mol. The minimum absolute atomic E-state index is 0.327. The first-order chi connectivity index (χ1) is 13.3. The van der Waals surface area contributed by atoms with Gasteiger partial charge in [-0.3, -0.25) is 4.99 Å². The first-order valence-corrected chi connectivity index (χ1v) is 10.2. The summed E-state index contributed by atoms with van der Waals surface area (Å²) < 4.78 is 11.2. The highest BCUT2D eigenvalue weighted by Gasteiger charge is 2.25. The molecule has 3 rings (SSSR count). The number of hydrogen-bond acceptors (Lipinski definition) is 5. The molecule has 2 aliphatic rings. The van der Waals surface area contributed by atoms with Crippen LogP contribution in [0.2, 0.25) is 5.02 Å². The highest BCUT2D eigenvalue weighted by Crippen LogP contribution is 2.25. The number of ether oxygens (including phenoxy) is 2. The number of rotatable bonds is 7. The SMILES string of the molecule is CN=C(NCCCOC1CCOCC1)NC1CCN(c2ncccc2Cl)C1. The molecule has 2 aliphatic heterocycles. The predicted octanol–water partition coefficient (Wildman–Crippen LogP) is 2.06. The number of guanidine groups is 1. The van der Waals surface area contributed by atoms with Crippen LogP contribution in [0.25, 0.3) is 0 Å². The van der Waals surface area contributed by atoms with Crippen LogP contribution in [-0.4, -0.2) is 69.6 Å². The fourth-order valence-corrected chi connectivity index (χ4v) is 3.68. The molecule has 0 saturated carbocycles. The van der Waals surface area contributed by atoms with E-state index < -0.39 is 0 Å². The number of hydrogen-bond donors (Lipinski definition) is 2. The maximum absolute atomic E-state index is 6.26. The van der Waals surface area contributed by atoms with Crippen molar-refractivity contribution in [3.63, 3.8) is 0 Å². The van der Waals surface area contributed by atoms with Crippen LogP contribution in [-0.2, 0) is 9.47 Å². The van der Waals surface area contributed by atoms with Crippen molar-refractivity contribution >= 4 is 23.4 Å². The molecule has 2 fully saturated rings. The Morgan fingerprint density at radius 2 is 2.26 bits per heavy atom. The zero-order chi connectivity index (χ0) is 18.9. The average Bonchev–Trinajstić information content (AvgIpc) is 3.16. The summed E-state index contributed by atoms with van der Waals surface area (Å²) in [5, 5.41) is 7.57. The summed E-state index contributed by atoms with van der Waals surface area (Å²) in [6, 6.07) is 4.07. The van der Waals surface area contributed by atoms with Gasteiger partial charge in [-0.05, 0) is 37.8 Å². The maximum Gasteiger partial charge on any atom is 0.191 e. The van der Waals surface area contributed by atoms with Crippen molar-refractivity contribution in [2.24, 2.45) is 4.99 Å². The minimum atomic E-state index is 0.327. The van der Waals surface area contributed by atoms with Crippen molar-refractivity contribution in [1.29, 1.82) is 0 Å². The number of pyridine rings is 1. The van der Waals surface area contributed by atoms with Gasteiger partial charge in [0.15, 0.2) is 5.96 Å². The zero-order valence-electron chi connectivity index (χ0n) is 16.0. The summed E-state index contributed by atoms with van der Waals surface area (Å²) in [6.45, 7) is 5.05. The standard InChI is InChI=1S/C19H30ClN5O2/c1-21-19(23-9-3-11-27-16-6-12-26-13-7-16)24-15-5-10-25(14-15)18-17(20)4-2-8-22-18/h2,4,8,15-16H,3,5-7,9-14H2,1H3,(H2,21,23,24). The number of nitrogens with one attached hydrogen (secondary N) is 2. The molecule has 0 aromatic carbocycles. The van der Waals surface area contributed by atoms with Gasteiger partial charge in [-0.1, -0.05) is 11.6 Å². The van der Waals surface area contributed by atoms with E-state index in [0.29, 0.717) is 17.2 Å². The molecule has 0 aliphatic carbocycles. The number of anilines is 1. The molecule has 8 heteroatoms. The lowest BCUT2D eigenvalue weighted by Gasteiger charge is -2.22. The number of aliphatic imine (C=N–C) groups is 1. The first kappa shape index (κ1) is 20.2. The number of halogens is 1. The van der Waals surface area contributed by atoms with Crippen molar-refractivity contribution in [3.05, 3.63) is 23.4 Å². The topological polar surface area (TPSA) is 71.0 Å². The van der Waals surface area contributed by atoms with E-state index in [-0.39, 0.29) is 0 Å². The van der Waals surface area contributed by atoms with E-state index in [4.69, 9.17) is 21.1 Å². The van der Waals surface area contributed by atoms with Gasteiger partial charge in [0.25, 0.3) is 0 Å². The quantitative estimate of drug-likeness (QED) is 0.418. The molecule has 1 atom stereocenters. The molecule has 0 amide bonds. The third-order valence-corrected chi connectivity index (χ3v) is 5.22. The van der Waals surface area contributed by atoms with E-state index in [2.05, 4.69) is 25.5 Å². The largest absolute Gasteiger partial charge is 0.381 e. The Labute approximate surface area is 166 Å². The summed E-state index contributed by atoms with van der Waals surface area (Å²) in [5.74, 6) is 1.69. The van der Waals surface area contributed by atoms with Gasteiger partial charge in [0, 0.05) is 58.7 Å². The van der Waals surface area contributed by atoms with E-state index in [1.165, 1.54) is 0 Å². The summed E-state index contributed by atoms with van der Waals surface area (Å²) in [4.78, 5) is 10.9. The summed E-state index contributed by atoms with van der Waals surface area (Å²) >= 11 is 6.26. The zero-order valence-corrected chi connectivity index (χ0v) is 16.7. The third-order valence-electron chi connectivity index (χ3n) is 4.93. The van der Waals surface area contributed by atoms with E-state index in [0.717, 1.165) is 76.9 Å². The van der Waals surface area contributed by atoms with E-state index >= 15 is 0 Å². The molecule has 0 bridgehead atoms. The third kappa shape index (κ3) is 6.23. The number of aromatic nitrogens is 1. The Hall–Kier alpha value is -1.57. The van der Waals surface area contributed by atoms with Gasteiger partial charge in [0.05, 0.1) is 11.1 Å². The Bertz CT molecular complexity index is 610. The van der Waals surface area contributed by atoms with Crippen molar-refractivity contribution in [3.8, 4) is 0 Å². The van der Waals surface area contributed by atoms with Gasteiger partial charge < -0.3 is 25.0 Å². The lowest BCUT2D eigenvalue weighted by molar-refractivity contribution is -0.0320. The maximum atomic E-state index is 6.26. The Kier molecular flexibility index (Phi) is 7.98. The van der Waals surface area contributed by atoms with Gasteiger partial charge in [-0.2, -0.15) is 0 Å². The molecule has 1 unspecified atom stereocenters.